The van der Waals surface area contributed by atoms with E-state index in [-0.39, 0.29) is 0 Å². The lowest BCUT2D eigenvalue weighted by atomic mass is 10.1. The Morgan fingerprint density at radius 2 is 2.27 bits per heavy atom. The second kappa shape index (κ2) is 3.66. The highest BCUT2D eigenvalue weighted by Gasteiger charge is 2.03. The minimum Gasteiger partial charge on any atom is -0.255 e. The number of rotatable bonds is 1. The van der Waals surface area contributed by atoms with E-state index in [1.807, 2.05) is 6.07 Å². The van der Waals surface area contributed by atoms with Crippen LogP contribution in [-0.4, -0.2) is 4.98 Å². The van der Waals surface area contributed by atoms with E-state index in [0.29, 0.717) is 22.2 Å². The van der Waals surface area contributed by atoms with Gasteiger partial charge in [-0.3, -0.25) is 4.98 Å². The number of hydrogen-bond donors (Lipinski definition) is 0. The first-order valence-corrected chi connectivity index (χ1v) is 4.20. The van der Waals surface area contributed by atoms with E-state index in [1.165, 1.54) is 6.20 Å². The van der Waals surface area contributed by atoms with Gasteiger partial charge in [-0.25, -0.2) is 0 Å². The standard InChI is InChI=1S/C10H5N5/c11-6-7-2-1-3-8-9(14-15-12)4-5-13-10(7)8/h1-5H. The number of aromatic nitrogens is 1. The van der Waals surface area contributed by atoms with Gasteiger partial charge in [-0.1, -0.05) is 17.2 Å². The maximum atomic E-state index is 8.86. The Morgan fingerprint density at radius 3 is 3.00 bits per heavy atom. The van der Waals surface area contributed by atoms with E-state index in [4.69, 9.17) is 10.8 Å². The molecule has 0 saturated carbocycles. The van der Waals surface area contributed by atoms with Crippen LogP contribution in [0.1, 0.15) is 5.56 Å². The molecule has 0 unspecified atom stereocenters. The van der Waals surface area contributed by atoms with E-state index in [0.717, 1.165) is 0 Å². The van der Waals surface area contributed by atoms with Gasteiger partial charge in [0.05, 0.1) is 11.1 Å². The van der Waals surface area contributed by atoms with Crippen molar-refractivity contribution in [1.29, 1.82) is 5.26 Å². The number of benzene rings is 1. The van der Waals surface area contributed by atoms with Crippen LogP contribution in [0.25, 0.3) is 21.3 Å². The molecular weight excluding hydrogens is 190 g/mol. The van der Waals surface area contributed by atoms with E-state index in [1.54, 1.807) is 24.3 Å². The molecule has 5 heteroatoms. The highest BCUT2D eigenvalue weighted by molar-refractivity contribution is 5.92. The maximum absolute atomic E-state index is 8.86. The molecule has 0 aliphatic heterocycles. The van der Waals surface area contributed by atoms with Gasteiger partial charge in [0.25, 0.3) is 0 Å². The summed E-state index contributed by atoms with van der Waals surface area (Å²) in [6.45, 7) is 0. The summed E-state index contributed by atoms with van der Waals surface area (Å²) in [5.41, 5.74) is 9.90. The van der Waals surface area contributed by atoms with Gasteiger partial charge in [-0.15, -0.1) is 0 Å². The summed E-state index contributed by atoms with van der Waals surface area (Å²) in [5.74, 6) is 0. The number of hydrogen-bond acceptors (Lipinski definition) is 3. The Bertz CT molecular complexity index is 605. The van der Waals surface area contributed by atoms with Gasteiger partial charge in [-0.05, 0) is 17.7 Å². The highest BCUT2D eigenvalue weighted by atomic mass is 15.1. The average Bonchev–Trinajstić information content (AvgIpc) is 2.29. The van der Waals surface area contributed by atoms with Crippen LogP contribution in [0.5, 0.6) is 0 Å². The molecule has 2 aromatic rings. The molecule has 0 aliphatic carbocycles. The summed E-state index contributed by atoms with van der Waals surface area (Å²) < 4.78 is 0. The highest BCUT2D eigenvalue weighted by Crippen LogP contribution is 2.25. The van der Waals surface area contributed by atoms with Gasteiger partial charge in [0.15, 0.2) is 0 Å². The second-order valence-corrected chi connectivity index (χ2v) is 2.83. The van der Waals surface area contributed by atoms with Gasteiger partial charge >= 0.3 is 0 Å². The summed E-state index contributed by atoms with van der Waals surface area (Å²) in [7, 11) is 0. The zero-order chi connectivity index (χ0) is 10.7. The molecule has 1 heterocycles. The zero-order valence-corrected chi connectivity index (χ0v) is 7.62. The Morgan fingerprint density at radius 1 is 1.40 bits per heavy atom. The fourth-order valence-electron chi connectivity index (χ4n) is 1.39. The second-order valence-electron chi connectivity index (χ2n) is 2.83. The van der Waals surface area contributed by atoms with E-state index < -0.39 is 0 Å². The molecule has 2 rings (SSSR count). The third-order valence-electron chi connectivity index (χ3n) is 2.02. The third kappa shape index (κ3) is 1.46. The van der Waals surface area contributed by atoms with Crippen molar-refractivity contribution in [1.82, 2.24) is 4.98 Å². The molecule has 1 aromatic carbocycles. The quantitative estimate of drug-likeness (QED) is 0.397. The molecule has 0 fully saturated rings. The first kappa shape index (κ1) is 9.00. The van der Waals surface area contributed by atoms with Crippen LogP contribution in [0.2, 0.25) is 0 Å². The molecule has 1 aromatic heterocycles. The lowest BCUT2D eigenvalue weighted by Gasteiger charge is -2.00. The van der Waals surface area contributed by atoms with Crippen molar-refractivity contribution < 1.29 is 0 Å². The van der Waals surface area contributed by atoms with Crippen molar-refractivity contribution in [2.75, 3.05) is 0 Å². The van der Waals surface area contributed by atoms with Crippen molar-refractivity contribution >= 4 is 16.6 Å². The number of fused-ring (bicyclic) bond motifs is 1. The van der Waals surface area contributed by atoms with E-state index in [2.05, 4.69) is 15.0 Å². The molecule has 0 amide bonds. The Kier molecular flexibility index (Phi) is 2.20. The van der Waals surface area contributed by atoms with Crippen LogP contribution in [0.3, 0.4) is 0 Å². The topological polar surface area (TPSA) is 85.4 Å². The van der Waals surface area contributed by atoms with E-state index in [9.17, 15) is 0 Å². The normalized spacial score (nSPS) is 9.27. The molecule has 0 aliphatic rings. The van der Waals surface area contributed by atoms with Crippen molar-refractivity contribution in [3.05, 3.63) is 46.5 Å². The van der Waals surface area contributed by atoms with Crippen molar-refractivity contribution in [2.24, 2.45) is 5.11 Å². The minimum atomic E-state index is 0.475. The lowest BCUT2D eigenvalue weighted by molar-refractivity contribution is 1.37. The minimum absolute atomic E-state index is 0.475. The molecule has 0 bridgehead atoms. The van der Waals surface area contributed by atoms with Crippen LogP contribution in [0.4, 0.5) is 5.69 Å². The predicted molar refractivity (Wildman–Crippen MR) is 55.3 cm³/mol. The van der Waals surface area contributed by atoms with Crippen LogP contribution in [0.15, 0.2) is 35.6 Å². The molecule has 70 valence electrons. The predicted octanol–water partition coefficient (Wildman–Crippen LogP) is 3.05. The van der Waals surface area contributed by atoms with E-state index >= 15 is 0 Å². The molecule has 0 N–H and O–H groups in total. The van der Waals surface area contributed by atoms with Crippen LogP contribution in [-0.2, 0) is 0 Å². The largest absolute Gasteiger partial charge is 0.255 e. The van der Waals surface area contributed by atoms with Gasteiger partial charge in [0.1, 0.15) is 6.07 Å². The summed E-state index contributed by atoms with van der Waals surface area (Å²) in [6, 6.07) is 8.84. The molecule has 0 atom stereocenters. The number of pyridine rings is 1. The Balaban J connectivity index is 2.89. The summed E-state index contributed by atoms with van der Waals surface area (Å²) >= 11 is 0. The molecule has 0 spiro atoms. The summed E-state index contributed by atoms with van der Waals surface area (Å²) in [4.78, 5) is 6.81. The fourth-order valence-corrected chi connectivity index (χ4v) is 1.39. The number of para-hydroxylation sites is 1. The number of nitrogens with zero attached hydrogens (tertiary/aromatic N) is 5. The molecule has 0 radical (unpaired) electrons. The Labute approximate surface area is 85.2 Å². The van der Waals surface area contributed by atoms with Gasteiger partial charge < -0.3 is 0 Å². The fraction of sp³-hybridized carbons (Fsp3) is 0. The number of nitriles is 1. The molecule has 5 nitrogen and oxygen atoms in total. The van der Waals surface area contributed by atoms with Gasteiger partial charge in [-0.2, -0.15) is 5.26 Å². The van der Waals surface area contributed by atoms with Crippen molar-refractivity contribution in [3.63, 3.8) is 0 Å². The summed E-state index contributed by atoms with van der Waals surface area (Å²) in [6.07, 6.45) is 1.52. The van der Waals surface area contributed by atoms with Crippen LogP contribution < -0.4 is 0 Å². The van der Waals surface area contributed by atoms with Gasteiger partial charge in [0, 0.05) is 22.2 Å². The number of azide groups is 1. The molecular formula is C10H5N5. The van der Waals surface area contributed by atoms with Crippen molar-refractivity contribution in [3.8, 4) is 6.07 Å². The lowest BCUT2D eigenvalue weighted by Crippen LogP contribution is -1.83. The van der Waals surface area contributed by atoms with Gasteiger partial charge in [0.2, 0.25) is 0 Å². The third-order valence-corrected chi connectivity index (χ3v) is 2.02. The molecule has 15 heavy (non-hydrogen) atoms. The SMILES string of the molecule is N#Cc1cccc2c(N=[N+]=[N-])ccnc12. The van der Waals surface area contributed by atoms with Crippen LogP contribution >= 0.6 is 0 Å². The maximum Gasteiger partial charge on any atom is 0.101 e. The van der Waals surface area contributed by atoms with Crippen LogP contribution in [0, 0.1) is 11.3 Å². The average molecular weight is 195 g/mol. The first-order chi connectivity index (χ1) is 7.36. The van der Waals surface area contributed by atoms with Crippen molar-refractivity contribution in [2.45, 2.75) is 0 Å². The monoisotopic (exact) mass is 195 g/mol. The first-order valence-electron chi connectivity index (χ1n) is 4.20. The summed E-state index contributed by atoms with van der Waals surface area (Å²) in [5, 5.41) is 13.1. The zero-order valence-electron chi connectivity index (χ0n) is 7.62. The Hall–Kier alpha value is -2.57. The smallest absolute Gasteiger partial charge is 0.101 e. The molecule has 0 saturated heterocycles.